The molecular formula is C17H28N2. The summed E-state index contributed by atoms with van der Waals surface area (Å²) in [5.41, 5.74) is 3.19. The van der Waals surface area contributed by atoms with Gasteiger partial charge in [-0.25, -0.2) is 0 Å². The smallest absolute Gasteiger partial charge is 0.0730 e. The van der Waals surface area contributed by atoms with Crippen LogP contribution in [0, 0.1) is 17.3 Å². The third-order valence-electron chi connectivity index (χ3n) is 5.23. The van der Waals surface area contributed by atoms with E-state index in [1.807, 2.05) is 6.20 Å². The SMILES string of the molecule is CCC1(C(C)C)c2nnccc2CCC1C(C)(C)C. The molecule has 0 saturated heterocycles. The molecule has 19 heavy (non-hydrogen) atoms. The standard InChI is InChI=1S/C17H28N2/c1-7-17(12(2)3)14(16(4,5)6)9-8-13-10-11-18-19-15(13)17/h10-12,14H,7-9H2,1-6H3. The van der Waals surface area contributed by atoms with Crippen molar-refractivity contribution >= 4 is 0 Å². The summed E-state index contributed by atoms with van der Waals surface area (Å²) < 4.78 is 0. The third-order valence-corrected chi connectivity index (χ3v) is 5.23. The van der Waals surface area contributed by atoms with E-state index in [0.29, 0.717) is 17.3 Å². The Morgan fingerprint density at radius 1 is 1.37 bits per heavy atom. The summed E-state index contributed by atoms with van der Waals surface area (Å²) in [6, 6.07) is 2.17. The monoisotopic (exact) mass is 260 g/mol. The van der Waals surface area contributed by atoms with Gasteiger partial charge in [-0.3, -0.25) is 0 Å². The van der Waals surface area contributed by atoms with Gasteiger partial charge in [0.05, 0.1) is 5.69 Å². The van der Waals surface area contributed by atoms with Crippen LogP contribution in [0.3, 0.4) is 0 Å². The van der Waals surface area contributed by atoms with Gasteiger partial charge in [-0.15, -0.1) is 0 Å². The summed E-state index contributed by atoms with van der Waals surface area (Å²) in [4.78, 5) is 0. The summed E-state index contributed by atoms with van der Waals surface area (Å²) >= 11 is 0. The molecule has 0 radical (unpaired) electrons. The molecule has 0 aliphatic heterocycles. The summed E-state index contributed by atoms with van der Waals surface area (Å²) in [6.07, 6.45) is 5.42. The highest BCUT2D eigenvalue weighted by molar-refractivity contribution is 5.32. The van der Waals surface area contributed by atoms with Gasteiger partial charge in [0.15, 0.2) is 0 Å². The minimum Gasteiger partial charge on any atom is -0.159 e. The molecule has 2 atom stereocenters. The second-order valence-electron chi connectivity index (χ2n) is 7.41. The Morgan fingerprint density at radius 2 is 2.05 bits per heavy atom. The van der Waals surface area contributed by atoms with E-state index in [2.05, 4.69) is 57.8 Å². The zero-order chi connectivity index (χ0) is 14.3. The van der Waals surface area contributed by atoms with E-state index in [4.69, 9.17) is 0 Å². The molecule has 0 amide bonds. The van der Waals surface area contributed by atoms with E-state index in [1.54, 1.807) is 0 Å². The van der Waals surface area contributed by atoms with Crippen LogP contribution in [0.1, 0.15) is 65.6 Å². The predicted molar refractivity (Wildman–Crippen MR) is 80.1 cm³/mol. The van der Waals surface area contributed by atoms with Crippen molar-refractivity contribution in [2.75, 3.05) is 0 Å². The minimum atomic E-state index is 0.181. The molecular weight excluding hydrogens is 232 g/mol. The largest absolute Gasteiger partial charge is 0.159 e. The molecule has 1 aliphatic rings. The van der Waals surface area contributed by atoms with E-state index in [-0.39, 0.29) is 5.41 Å². The fraction of sp³-hybridized carbons (Fsp3) is 0.765. The number of nitrogens with zero attached hydrogens (tertiary/aromatic N) is 2. The first-order chi connectivity index (χ1) is 8.84. The maximum Gasteiger partial charge on any atom is 0.0730 e. The van der Waals surface area contributed by atoms with Gasteiger partial charge in [-0.05, 0) is 48.1 Å². The van der Waals surface area contributed by atoms with Crippen molar-refractivity contribution in [2.45, 2.75) is 66.2 Å². The third kappa shape index (κ3) is 2.19. The van der Waals surface area contributed by atoms with Crippen LogP contribution >= 0.6 is 0 Å². The first kappa shape index (κ1) is 14.5. The van der Waals surface area contributed by atoms with E-state index < -0.39 is 0 Å². The Morgan fingerprint density at radius 3 is 2.58 bits per heavy atom. The summed E-state index contributed by atoms with van der Waals surface area (Å²) in [5, 5.41) is 8.77. The number of aryl methyl sites for hydroxylation is 1. The van der Waals surface area contributed by atoms with Gasteiger partial charge >= 0.3 is 0 Å². The van der Waals surface area contributed by atoms with Crippen molar-refractivity contribution in [3.63, 3.8) is 0 Å². The lowest BCUT2D eigenvalue weighted by atomic mass is 9.52. The average molecular weight is 260 g/mol. The highest BCUT2D eigenvalue weighted by Crippen LogP contribution is 2.54. The number of hydrogen-bond donors (Lipinski definition) is 0. The van der Waals surface area contributed by atoms with Gasteiger partial charge in [0.1, 0.15) is 0 Å². The van der Waals surface area contributed by atoms with E-state index in [9.17, 15) is 0 Å². The van der Waals surface area contributed by atoms with E-state index >= 15 is 0 Å². The van der Waals surface area contributed by atoms with Crippen molar-refractivity contribution < 1.29 is 0 Å². The summed E-state index contributed by atoms with van der Waals surface area (Å²) in [7, 11) is 0. The Hall–Kier alpha value is -0.920. The average Bonchev–Trinajstić information content (AvgIpc) is 2.35. The van der Waals surface area contributed by atoms with E-state index in [0.717, 1.165) is 12.8 Å². The van der Waals surface area contributed by atoms with Crippen molar-refractivity contribution in [3.8, 4) is 0 Å². The normalized spacial score (nSPS) is 27.4. The highest BCUT2D eigenvalue weighted by Gasteiger charge is 2.50. The first-order valence-corrected chi connectivity index (χ1v) is 7.65. The van der Waals surface area contributed by atoms with Gasteiger partial charge in [-0.1, -0.05) is 41.5 Å². The molecule has 2 nitrogen and oxygen atoms in total. The summed E-state index contributed by atoms with van der Waals surface area (Å²) in [6.45, 7) is 14.2. The van der Waals surface area contributed by atoms with Crippen LogP contribution in [0.2, 0.25) is 0 Å². The van der Waals surface area contributed by atoms with Crippen LogP contribution in [-0.4, -0.2) is 10.2 Å². The Kier molecular flexibility index (Phi) is 3.72. The van der Waals surface area contributed by atoms with Crippen LogP contribution in [0.4, 0.5) is 0 Å². The Bertz CT molecular complexity index is 445. The van der Waals surface area contributed by atoms with Crippen molar-refractivity contribution in [2.24, 2.45) is 17.3 Å². The maximum atomic E-state index is 4.58. The van der Waals surface area contributed by atoms with Crippen molar-refractivity contribution in [1.82, 2.24) is 10.2 Å². The topological polar surface area (TPSA) is 25.8 Å². The second-order valence-corrected chi connectivity index (χ2v) is 7.41. The van der Waals surface area contributed by atoms with Gasteiger partial charge in [0.25, 0.3) is 0 Å². The zero-order valence-electron chi connectivity index (χ0n) is 13.3. The molecule has 106 valence electrons. The van der Waals surface area contributed by atoms with Crippen molar-refractivity contribution in [3.05, 3.63) is 23.5 Å². The molecule has 1 aliphatic carbocycles. The van der Waals surface area contributed by atoms with Gasteiger partial charge in [0.2, 0.25) is 0 Å². The lowest BCUT2D eigenvalue weighted by molar-refractivity contribution is 0.0560. The van der Waals surface area contributed by atoms with Crippen LogP contribution in [0.15, 0.2) is 12.3 Å². The second kappa shape index (κ2) is 4.88. The fourth-order valence-electron chi connectivity index (χ4n) is 4.38. The van der Waals surface area contributed by atoms with Gasteiger partial charge in [0, 0.05) is 11.6 Å². The number of rotatable bonds is 2. The van der Waals surface area contributed by atoms with E-state index in [1.165, 1.54) is 17.7 Å². The molecule has 0 saturated carbocycles. The van der Waals surface area contributed by atoms with Gasteiger partial charge in [-0.2, -0.15) is 10.2 Å². The lowest BCUT2D eigenvalue weighted by Crippen LogP contribution is -2.49. The highest BCUT2D eigenvalue weighted by atomic mass is 15.1. The van der Waals surface area contributed by atoms with Crippen LogP contribution in [-0.2, 0) is 11.8 Å². The maximum absolute atomic E-state index is 4.58. The Balaban J connectivity index is 2.64. The molecule has 2 unspecified atom stereocenters. The number of hydrogen-bond acceptors (Lipinski definition) is 2. The number of aromatic nitrogens is 2. The molecule has 0 N–H and O–H groups in total. The first-order valence-electron chi connectivity index (χ1n) is 7.65. The van der Waals surface area contributed by atoms with Crippen LogP contribution < -0.4 is 0 Å². The molecule has 2 rings (SSSR count). The molecule has 1 heterocycles. The molecule has 1 aromatic rings. The molecule has 0 fully saturated rings. The van der Waals surface area contributed by atoms with Crippen LogP contribution in [0.5, 0.6) is 0 Å². The Labute approximate surface area is 118 Å². The molecule has 0 bridgehead atoms. The predicted octanol–water partition coefficient (Wildman–Crippen LogP) is 4.39. The molecule has 2 heteroatoms. The number of fused-ring (bicyclic) bond motifs is 1. The molecule has 1 aromatic heterocycles. The minimum absolute atomic E-state index is 0.181. The molecule has 0 aromatic carbocycles. The fourth-order valence-corrected chi connectivity index (χ4v) is 4.38. The quantitative estimate of drug-likeness (QED) is 0.788. The van der Waals surface area contributed by atoms with Gasteiger partial charge < -0.3 is 0 Å². The zero-order valence-corrected chi connectivity index (χ0v) is 13.3. The van der Waals surface area contributed by atoms with Crippen LogP contribution in [0.25, 0.3) is 0 Å². The van der Waals surface area contributed by atoms with Crippen molar-refractivity contribution in [1.29, 1.82) is 0 Å². The summed E-state index contributed by atoms with van der Waals surface area (Å²) in [5.74, 6) is 1.27. The lowest BCUT2D eigenvalue weighted by Gasteiger charge is -2.52. The molecule has 0 spiro atoms.